The molecule has 0 amide bonds. The third-order valence-corrected chi connectivity index (χ3v) is 3.61. The van der Waals surface area contributed by atoms with E-state index in [0.29, 0.717) is 12.3 Å². The van der Waals surface area contributed by atoms with Gasteiger partial charge in [0, 0.05) is 6.04 Å². The number of nitrogens with one attached hydrogen (secondary N) is 1. The number of rotatable bonds is 7. The Labute approximate surface area is 119 Å². The Bertz CT molecular complexity index is 401. The standard InChI is InChI=1S/C16H24F3N/c1-4-6-12(2)9-15(20-3)11-13-7-5-8-14(10-13)16(17,18)19/h5,7-8,10,12,15,20H,4,6,9,11H2,1-3H3. The molecular weight excluding hydrogens is 263 g/mol. The monoisotopic (exact) mass is 287 g/mol. The Morgan fingerprint density at radius 2 is 1.95 bits per heavy atom. The van der Waals surface area contributed by atoms with Crippen LogP contribution in [0, 0.1) is 5.92 Å². The summed E-state index contributed by atoms with van der Waals surface area (Å²) < 4.78 is 38.0. The molecule has 0 aliphatic carbocycles. The molecule has 0 bridgehead atoms. The number of benzene rings is 1. The molecule has 1 aromatic carbocycles. The molecule has 0 spiro atoms. The quantitative estimate of drug-likeness (QED) is 0.769. The van der Waals surface area contributed by atoms with Gasteiger partial charge in [-0.1, -0.05) is 44.9 Å². The lowest BCUT2D eigenvalue weighted by atomic mass is 9.93. The van der Waals surface area contributed by atoms with Crippen molar-refractivity contribution in [1.29, 1.82) is 0 Å². The van der Waals surface area contributed by atoms with E-state index in [1.54, 1.807) is 6.07 Å². The molecule has 0 fully saturated rings. The van der Waals surface area contributed by atoms with Gasteiger partial charge in [-0.25, -0.2) is 0 Å². The summed E-state index contributed by atoms with van der Waals surface area (Å²) in [5.74, 6) is 0.586. The van der Waals surface area contributed by atoms with E-state index in [4.69, 9.17) is 0 Å². The molecule has 1 rings (SSSR count). The zero-order valence-electron chi connectivity index (χ0n) is 12.4. The van der Waals surface area contributed by atoms with Gasteiger partial charge in [-0.15, -0.1) is 0 Å². The Morgan fingerprint density at radius 3 is 2.50 bits per heavy atom. The molecule has 20 heavy (non-hydrogen) atoms. The average Bonchev–Trinajstić information content (AvgIpc) is 2.37. The van der Waals surface area contributed by atoms with Crippen LogP contribution in [-0.2, 0) is 12.6 Å². The number of alkyl halides is 3. The average molecular weight is 287 g/mol. The number of hydrogen-bond donors (Lipinski definition) is 1. The molecule has 4 heteroatoms. The lowest BCUT2D eigenvalue weighted by Crippen LogP contribution is -2.29. The smallest absolute Gasteiger partial charge is 0.317 e. The molecule has 0 aliphatic heterocycles. The van der Waals surface area contributed by atoms with Gasteiger partial charge in [0.2, 0.25) is 0 Å². The van der Waals surface area contributed by atoms with Crippen LogP contribution in [-0.4, -0.2) is 13.1 Å². The van der Waals surface area contributed by atoms with Gasteiger partial charge in [0.15, 0.2) is 0 Å². The van der Waals surface area contributed by atoms with Gasteiger partial charge in [0.25, 0.3) is 0 Å². The summed E-state index contributed by atoms with van der Waals surface area (Å²) in [6.45, 7) is 4.34. The van der Waals surface area contributed by atoms with Crippen molar-refractivity contribution in [1.82, 2.24) is 5.32 Å². The van der Waals surface area contributed by atoms with Gasteiger partial charge in [-0.05, 0) is 37.4 Å². The largest absolute Gasteiger partial charge is 0.416 e. The van der Waals surface area contributed by atoms with Crippen molar-refractivity contribution >= 4 is 0 Å². The third-order valence-electron chi connectivity index (χ3n) is 3.61. The zero-order valence-corrected chi connectivity index (χ0v) is 12.4. The van der Waals surface area contributed by atoms with Gasteiger partial charge >= 0.3 is 6.18 Å². The highest BCUT2D eigenvalue weighted by molar-refractivity contribution is 5.26. The second kappa shape index (κ2) is 7.67. The van der Waals surface area contributed by atoms with Crippen LogP contribution in [0.15, 0.2) is 24.3 Å². The maximum Gasteiger partial charge on any atom is 0.416 e. The minimum absolute atomic E-state index is 0.222. The van der Waals surface area contributed by atoms with E-state index in [1.807, 2.05) is 7.05 Å². The van der Waals surface area contributed by atoms with E-state index in [9.17, 15) is 13.2 Å². The second-order valence-electron chi connectivity index (χ2n) is 5.52. The Morgan fingerprint density at radius 1 is 1.25 bits per heavy atom. The molecule has 0 aromatic heterocycles. The summed E-state index contributed by atoms with van der Waals surface area (Å²) in [5.41, 5.74) is 0.175. The molecule has 1 aromatic rings. The lowest BCUT2D eigenvalue weighted by Gasteiger charge is -2.21. The summed E-state index contributed by atoms with van der Waals surface area (Å²) in [4.78, 5) is 0. The van der Waals surface area contributed by atoms with Crippen molar-refractivity contribution in [3.63, 3.8) is 0 Å². The first-order valence-electron chi connectivity index (χ1n) is 7.20. The van der Waals surface area contributed by atoms with Gasteiger partial charge in [0.1, 0.15) is 0 Å². The van der Waals surface area contributed by atoms with Gasteiger partial charge in [-0.3, -0.25) is 0 Å². The lowest BCUT2D eigenvalue weighted by molar-refractivity contribution is -0.137. The molecule has 0 aliphatic rings. The van der Waals surface area contributed by atoms with Crippen LogP contribution in [0.4, 0.5) is 13.2 Å². The summed E-state index contributed by atoms with van der Waals surface area (Å²) in [6, 6.07) is 5.86. The number of hydrogen-bond acceptors (Lipinski definition) is 1. The maximum atomic E-state index is 12.7. The van der Waals surface area contributed by atoms with E-state index in [2.05, 4.69) is 19.2 Å². The number of likely N-dealkylation sites (N-methyl/N-ethyl adjacent to an activating group) is 1. The second-order valence-corrected chi connectivity index (χ2v) is 5.52. The van der Waals surface area contributed by atoms with Crippen LogP contribution >= 0.6 is 0 Å². The minimum Gasteiger partial charge on any atom is -0.317 e. The molecule has 114 valence electrons. The predicted molar refractivity (Wildman–Crippen MR) is 76.7 cm³/mol. The fourth-order valence-corrected chi connectivity index (χ4v) is 2.56. The zero-order chi connectivity index (χ0) is 15.2. The molecule has 2 atom stereocenters. The summed E-state index contributed by atoms with van der Waals surface area (Å²) in [5, 5.41) is 3.22. The van der Waals surface area contributed by atoms with E-state index >= 15 is 0 Å². The number of halogens is 3. The van der Waals surface area contributed by atoms with Crippen LogP contribution < -0.4 is 5.32 Å². The Hall–Kier alpha value is -1.03. The summed E-state index contributed by atoms with van der Waals surface area (Å²) >= 11 is 0. The Kier molecular flexibility index (Phi) is 6.53. The minimum atomic E-state index is -4.26. The molecular formula is C16H24F3N. The van der Waals surface area contributed by atoms with Gasteiger partial charge in [0.05, 0.1) is 5.56 Å². The highest BCUT2D eigenvalue weighted by Gasteiger charge is 2.30. The highest BCUT2D eigenvalue weighted by Crippen LogP contribution is 2.30. The van der Waals surface area contributed by atoms with E-state index < -0.39 is 11.7 Å². The fourth-order valence-electron chi connectivity index (χ4n) is 2.56. The summed E-state index contributed by atoms with van der Waals surface area (Å²) in [7, 11) is 1.87. The third kappa shape index (κ3) is 5.53. The topological polar surface area (TPSA) is 12.0 Å². The van der Waals surface area contributed by atoms with Crippen molar-refractivity contribution in [2.24, 2.45) is 5.92 Å². The van der Waals surface area contributed by atoms with Crippen LogP contribution in [0.2, 0.25) is 0 Å². The highest BCUT2D eigenvalue weighted by atomic mass is 19.4. The maximum absolute atomic E-state index is 12.7. The van der Waals surface area contributed by atoms with Crippen molar-refractivity contribution in [3.05, 3.63) is 35.4 Å². The van der Waals surface area contributed by atoms with E-state index in [1.165, 1.54) is 12.1 Å². The van der Waals surface area contributed by atoms with Gasteiger partial charge < -0.3 is 5.32 Å². The molecule has 1 nitrogen and oxygen atoms in total. The molecule has 0 heterocycles. The molecule has 1 N–H and O–H groups in total. The molecule has 0 saturated carbocycles. The molecule has 2 unspecified atom stereocenters. The van der Waals surface area contributed by atoms with Crippen LogP contribution in [0.3, 0.4) is 0 Å². The first-order chi connectivity index (χ1) is 9.36. The van der Waals surface area contributed by atoms with Gasteiger partial charge in [-0.2, -0.15) is 13.2 Å². The van der Waals surface area contributed by atoms with E-state index in [0.717, 1.165) is 30.9 Å². The first-order valence-corrected chi connectivity index (χ1v) is 7.20. The Balaban J connectivity index is 2.70. The van der Waals surface area contributed by atoms with Crippen molar-refractivity contribution in [2.75, 3.05) is 7.05 Å². The summed E-state index contributed by atoms with van der Waals surface area (Å²) in [6.07, 6.45) is -0.350. The molecule has 0 saturated heterocycles. The van der Waals surface area contributed by atoms with E-state index in [-0.39, 0.29) is 6.04 Å². The predicted octanol–water partition coefficient (Wildman–Crippen LogP) is 4.66. The fraction of sp³-hybridized carbons (Fsp3) is 0.625. The van der Waals surface area contributed by atoms with Crippen LogP contribution in [0.1, 0.15) is 44.2 Å². The SMILES string of the molecule is CCCC(C)CC(Cc1cccc(C(F)(F)F)c1)NC. The molecule has 0 radical (unpaired) electrons. The first kappa shape index (κ1) is 17.0. The van der Waals surface area contributed by atoms with Crippen molar-refractivity contribution < 1.29 is 13.2 Å². The van der Waals surface area contributed by atoms with Crippen molar-refractivity contribution in [3.8, 4) is 0 Å². The normalized spacial score (nSPS) is 15.1. The van der Waals surface area contributed by atoms with Crippen LogP contribution in [0.5, 0.6) is 0 Å². The van der Waals surface area contributed by atoms with Crippen molar-refractivity contribution in [2.45, 2.75) is 51.7 Å². The van der Waals surface area contributed by atoms with Crippen LogP contribution in [0.25, 0.3) is 0 Å².